The fourth-order valence-corrected chi connectivity index (χ4v) is 7.11. The lowest BCUT2D eigenvalue weighted by Crippen LogP contribution is -2.56. The lowest BCUT2D eigenvalue weighted by Gasteiger charge is -2.41. The highest BCUT2D eigenvalue weighted by Gasteiger charge is 2.43. The summed E-state index contributed by atoms with van der Waals surface area (Å²) in [5.41, 5.74) is -0.599. The van der Waals surface area contributed by atoms with Gasteiger partial charge in [-0.2, -0.15) is 0 Å². The number of hydrogen-bond donors (Lipinski definition) is 4. The SMILES string of the molecule is CCC(=O)OCC1(COC(=O)CC)N=c2c(=C3C(=O)C(c4ccc5cccc6c5c4NC(COC(=O)CC)(COC(=O)CC)N6)=C3O)ccc3cccc(c23)N1. The van der Waals surface area contributed by atoms with Crippen LogP contribution in [0.1, 0.15) is 58.9 Å². The summed E-state index contributed by atoms with van der Waals surface area (Å²) in [5.74, 6) is -2.60. The predicted octanol–water partition coefficient (Wildman–Crippen LogP) is 4.78. The average Bonchev–Trinajstić information content (AvgIpc) is 3.22. The van der Waals surface area contributed by atoms with Crippen LogP contribution in [0.2, 0.25) is 0 Å². The van der Waals surface area contributed by atoms with Crippen LogP contribution in [0.5, 0.6) is 0 Å². The zero-order valence-corrected chi connectivity index (χ0v) is 31.5. The number of nitrogens with zero attached hydrogens (tertiary/aromatic N) is 1. The van der Waals surface area contributed by atoms with Crippen molar-refractivity contribution in [3.8, 4) is 0 Å². The zero-order valence-electron chi connectivity index (χ0n) is 31.5. The first kappa shape index (κ1) is 37.9. The van der Waals surface area contributed by atoms with Crippen LogP contribution in [0.15, 0.2) is 71.4 Å². The first-order valence-corrected chi connectivity index (χ1v) is 18.6. The van der Waals surface area contributed by atoms with Crippen molar-refractivity contribution in [2.75, 3.05) is 42.4 Å². The standard InChI is InChI=1S/C42H42N4O10/c1-5-29(47)53-19-41(20-54-30(48)6-2)43-27-13-9-11-23-15-17-25(37(45-41)33(23)27)35-39(51)36(40(35)52)26-18-16-24-12-10-14-28-34(24)38(26)46-42(44-28,21-55-31(49)7-3)22-56-32(50)8-4/h9-18,43-45,51H,5-8,19-22H2,1-4H3. The first-order chi connectivity index (χ1) is 27.0. The van der Waals surface area contributed by atoms with E-state index in [4.69, 9.17) is 23.9 Å². The third-order valence-electron chi connectivity index (χ3n) is 10.0. The van der Waals surface area contributed by atoms with E-state index in [0.717, 1.165) is 10.8 Å². The van der Waals surface area contributed by atoms with Crippen LogP contribution in [-0.4, -0.2) is 72.5 Å². The van der Waals surface area contributed by atoms with Crippen molar-refractivity contribution in [3.05, 3.63) is 82.6 Å². The highest BCUT2D eigenvalue weighted by Crippen LogP contribution is 2.47. The maximum Gasteiger partial charge on any atom is 0.305 e. The Labute approximate surface area is 321 Å². The molecule has 2 aliphatic heterocycles. The molecule has 4 N–H and O–H groups in total. The Balaban J connectivity index is 1.40. The van der Waals surface area contributed by atoms with Gasteiger partial charge in [0.1, 0.15) is 32.2 Å². The fourth-order valence-electron chi connectivity index (χ4n) is 7.11. The van der Waals surface area contributed by atoms with Crippen LogP contribution in [-0.2, 0) is 42.9 Å². The van der Waals surface area contributed by atoms with E-state index < -0.39 is 41.0 Å². The summed E-state index contributed by atoms with van der Waals surface area (Å²) in [7, 11) is 0. The molecule has 2 heterocycles. The number of ether oxygens (including phenoxy) is 4. The maximum absolute atomic E-state index is 14.5. The molecular formula is C42H42N4O10. The van der Waals surface area contributed by atoms with Gasteiger partial charge in [0.25, 0.3) is 0 Å². The molecule has 0 atom stereocenters. The van der Waals surface area contributed by atoms with Crippen molar-refractivity contribution in [1.82, 2.24) is 0 Å². The van der Waals surface area contributed by atoms with E-state index in [0.29, 0.717) is 44.0 Å². The molecule has 0 fully saturated rings. The summed E-state index contributed by atoms with van der Waals surface area (Å²) in [6.45, 7) is 5.67. The van der Waals surface area contributed by atoms with Gasteiger partial charge in [-0.3, -0.25) is 24.0 Å². The summed E-state index contributed by atoms with van der Waals surface area (Å²) in [5, 5.41) is 25.7. The van der Waals surface area contributed by atoms with E-state index in [2.05, 4.69) is 16.0 Å². The normalized spacial score (nSPS) is 16.8. The highest BCUT2D eigenvalue weighted by atomic mass is 16.6. The summed E-state index contributed by atoms with van der Waals surface area (Å²) >= 11 is 0. The van der Waals surface area contributed by atoms with E-state index in [1.165, 1.54) is 0 Å². The summed E-state index contributed by atoms with van der Waals surface area (Å²) in [4.78, 5) is 68.9. The minimum Gasteiger partial charge on any atom is -0.506 e. The lowest BCUT2D eigenvalue weighted by molar-refractivity contribution is -0.150. The number of ketones is 1. The molecule has 0 unspecified atom stereocenters. The second-order valence-electron chi connectivity index (χ2n) is 13.8. The smallest absolute Gasteiger partial charge is 0.305 e. The van der Waals surface area contributed by atoms with Crippen LogP contribution in [0.25, 0.3) is 32.7 Å². The summed E-state index contributed by atoms with van der Waals surface area (Å²) in [6, 6.07) is 18.2. The molecule has 56 heavy (non-hydrogen) atoms. The molecule has 4 aromatic carbocycles. The van der Waals surface area contributed by atoms with E-state index in [-0.39, 0.29) is 69.0 Å². The largest absolute Gasteiger partial charge is 0.506 e. The third-order valence-corrected chi connectivity index (χ3v) is 10.0. The topological polar surface area (TPSA) is 191 Å². The minimum absolute atomic E-state index is 0.0249. The van der Waals surface area contributed by atoms with E-state index in [1.807, 2.05) is 48.5 Å². The van der Waals surface area contributed by atoms with Crippen molar-refractivity contribution in [2.24, 2.45) is 4.99 Å². The first-order valence-electron chi connectivity index (χ1n) is 18.6. The second kappa shape index (κ2) is 15.0. The molecule has 290 valence electrons. The fraction of sp³-hybridized carbons (Fsp3) is 0.333. The Bertz CT molecular complexity index is 2450. The average molecular weight is 763 g/mol. The zero-order chi connectivity index (χ0) is 39.8. The minimum atomic E-state index is -1.44. The molecule has 0 spiro atoms. The van der Waals surface area contributed by atoms with Gasteiger partial charge >= 0.3 is 23.9 Å². The van der Waals surface area contributed by atoms with Gasteiger partial charge in [-0.05, 0) is 22.9 Å². The van der Waals surface area contributed by atoms with Crippen LogP contribution < -0.4 is 26.5 Å². The number of allylic oxidation sites excluding steroid dienone is 2. The number of hydrogen-bond acceptors (Lipinski definition) is 14. The molecule has 0 radical (unpaired) electrons. The van der Waals surface area contributed by atoms with Gasteiger partial charge in [-0.25, -0.2) is 4.99 Å². The number of anilines is 3. The number of esters is 4. The Kier molecular flexibility index (Phi) is 10.1. The molecule has 3 aliphatic rings. The van der Waals surface area contributed by atoms with Crippen LogP contribution in [0.3, 0.4) is 0 Å². The van der Waals surface area contributed by atoms with Crippen molar-refractivity contribution in [3.63, 3.8) is 0 Å². The summed E-state index contributed by atoms with van der Waals surface area (Å²) < 4.78 is 22.2. The molecule has 1 aliphatic carbocycles. The van der Waals surface area contributed by atoms with Gasteiger partial charge in [0.15, 0.2) is 11.3 Å². The van der Waals surface area contributed by atoms with Crippen LogP contribution in [0, 0.1) is 0 Å². The number of benzene rings is 4. The molecular weight excluding hydrogens is 720 g/mol. The van der Waals surface area contributed by atoms with Crippen molar-refractivity contribution < 1.29 is 48.0 Å². The molecule has 14 heteroatoms. The molecule has 14 nitrogen and oxygen atoms in total. The van der Waals surface area contributed by atoms with E-state index in [9.17, 15) is 29.1 Å². The molecule has 7 rings (SSSR count). The molecule has 0 saturated heterocycles. The van der Waals surface area contributed by atoms with Gasteiger partial charge in [-0.1, -0.05) is 76.2 Å². The van der Waals surface area contributed by atoms with E-state index in [1.54, 1.807) is 39.8 Å². The second-order valence-corrected chi connectivity index (χ2v) is 13.8. The van der Waals surface area contributed by atoms with Crippen molar-refractivity contribution in [1.29, 1.82) is 0 Å². The number of rotatable bonds is 13. The van der Waals surface area contributed by atoms with Gasteiger partial charge in [-0.15, -0.1) is 0 Å². The highest BCUT2D eigenvalue weighted by molar-refractivity contribution is 6.52. The Morgan fingerprint density at radius 2 is 1.14 bits per heavy atom. The van der Waals surface area contributed by atoms with Gasteiger partial charge in [0.05, 0.1) is 22.2 Å². The van der Waals surface area contributed by atoms with Crippen LogP contribution >= 0.6 is 0 Å². The van der Waals surface area contributed by atoms with Gasteiger partial charge in [0, 0.05) is 58.6 Å². The number of aliphatic hydroxyl groups excluding tert-OH is 1. The molecule has 0 amide bonds. The Morgan fingerprint density at radius 3 is 1.70 bits per heavy atom. The number of carbonyl (C=O) groups excluding carboxylic acids is 5. The number of nitrogens with one attached hydrogen (secondary N) is 3. The third kappa shape index (κ3) is 6.75. The maximum atomic E-state index is 14.5. The molecule has 0 saturated carbocycles. The van der Waals surface area contributed by atoms with Crippen molar-refractivity contribution in [2.45, 2.75) is 64.7 Å². The Hall–Kier alpha value is -6.44. The van der Waals surface area contributed by atoms with Gasteiger partial charge < -0.3 is 40.0 Å². The van der Waals surface area contributed by atoms with Crippen molar-refractivity contribution >= 4 is 79.4 Å². The number of Topliss-reactive ketones (excluding diaryl/α,β-unsaturated/α-hetero) is 1. The number of carbonyl (C=O) groups is 5. The lowest BCUT2D eigenvalue weighted by atomic mass is 9.80. The quantitative estimate of drug-likeness (QED) is 0.108. The summed E-state index contributed by atoms with van der Waals surface area (Å²) in [6.07, 6.45) is 0.500. The number of aliphatic hydroxyl groups is 1. The Morgan fingerprint density at radius 1 is 0.625 bits per heavy atom. The predicted molar refractivity (Wildman–Crippen MR) is 208 cm³/mol. The van der Waals surface area contributed by atoms with Crippen LogP contribution in [0.4, 0.5) is 17.1 Å². The molecule has 0 aromatic heterocycles. The molecule has 0 bridgehead atoms. The monoisotopic (exact) mass is 762 g/mol. The van der Waals surface area contributed by atoms with E-state index >= 15 is 0 Å². The van der Waals surface area contributed by atoms with Gasteiger partial charge in [0.2, 0.25) is 5.78 Å². The molecule has 4 aromatic rings.